The van der Waals surface area contributed by atoms with Gasteiger partial charge in [0.25, 0.3) is 0 Å². The van der Waals surface area contributed by atoms with Crippen molar-refractivity contribution in [3.63, 3.8) is 0 Å². The Hall–Kier alpha value is -1.64. The molecule has 0 aliphatic carbocycles. The number of β-amino-alcohol motifs (C(OH)–C–C–N with tert-alkyl or cyclic N) is 1. The largest absolute Gasteiger partial charge is 0.391 e. The van der Waals surface area contributed by atoms with Crippen molar-refractivity contribution < 1.29 is 13.5 Å². The minimum atomic E-state index is -3.51. The van der Waals surface area contributed by atoms with Crippen LogP contribution in [0.5, 0.6) is 0 Å². The zero-order chi connectivity index (χ0) is 17.6. The molecule has 0 spiro atoms. The molecule has 3 N–H and O–H groups in total. The third-order valence-corrected chi connectivity index (χ3v) is 5.27. The maximum atomic E-state index is 12.2. The highest BCUT2D eigenvalue weighted by molar-refractivity contribution is 7.89. The summed E-state index contributed by atoms with van der Waals surface area (Å²) >= 11 is 0. The van der Waals surface area contributed by atoms with Crippen molar-refractivity contribution >= 4 is 16.0 Å². The van der Waals surface area contributed by atoms with E-state index in [0.29, 0.717) is 19.0 Å². The van der Waals surface area contributed by atoms with E-state index in [0.717, 1.165) is 25.1 Å². The van der Waals surface area contributed by atoms with Crippen molar-refractivity contribution in [1.29, 1.82) is 0 Å². The monoisotopic (exact) mass is 354 g/mol. The molecule has 24 heavy (non-hydrogen) atoms. The van der Waals surface area contributed by atoms with Gasteiger partial charge in [-0.15, -0.1) is 0 Å². The summed E-state index contributed by atoms with van der Waals surface area (Å²) in [5, 5.41) is 12.8. The number of aliphatic hydroxyl groups excluding tert-OH is 1. The average Bonchev–Trinajstić information content (AvgIpc) is 2.97. The fourth-order valence-electron chi connectivity index (χ4n) is 2.50. The Bertz CT molecular complexity index is 658. The molecule has 8 heteroatoms. The number of guanidine groups is 1. The van der Waals surface area contributed by atoms with Crippen LogP contribution in [-0.4, -0.2) is 63.2 Å². The molecule has 0 bridgehead atoms. The molecule has 1 saturated heterocycles. The van der Waals surface area contributed by atoms with Crippen LogP contribution in [0, 0.1) is 6.92 Å². The molecular weight excluding hydrogens is 328 g/mol. The number of benzene rings is 1. The summed E-state index contributed by atoms with van der Waals surface area (Å²) < 4.78 is 26.9. The Morgan fingerprint density at radius 3 is 2.67 bits per heavy atom. The molecule has 1 aromatic carbocycles. The van der Waals surface area contributed by atoms with Gasteiger partial charge in [-0.2, -0.15) is 0 Å². The predicted molar refractivity (Wildman–Crippen MR) is 94.5 cm³/mol. The molecule has 0 unspecified atom stereocenters. The number of aliphatic hydroxyl groups is 1. The van der Waals surface area contributed by atoms with Crippen molar-refractivity contribution in [3.05, 3.63) is 29.8 Å². The number of sulfonamides is 1. The third-order valence-electron chi connectivity index (χ3n) is 3.79. The van der Waals surface area contributed by atoms with E-state index in [1.807, 2.05) is 18.7 Å². The van der Waals surface area contributed by atoms with Crippen LogP contribution in [0.1, 0.15) is 18.9 Å². The van der Waals surface area contributed by atoms with Gasteiger partial charge in [0, 0.05) is 26.2 Å². The zero-order valence-electron chi connectivity index (χ0n) is 14.2. The number of hydrogen-bond acceptors (Lipinski definition) is 4. The molecule has 0 aromatic heterocycles. The van der Waals surface area contributed by atoms with E-state index in [2.05, 4.69) is 15.0 Å². The van der Waals surface area contributed by atoms with Gasteiger partial charge in [0.2, 0.25) is 10.0 Å². The summed E-state index contributed by atoms with van der Waals surface area (Å²) in [5.74, 6) is 0.712. The van der Waals surface area contributed by atoms with Gasteiger partial charge >= 0.3 is 0 Å². The maximum Gasteiger partial charge on any atom is 0.240 e. The van der Waals surface area contributed by atoms with E-state index in [-0.39, 0.29) is 17.5 Å². The van der Waals surface area contributed by atoms with E-state index in [9.17, 15) is 13.5 Å². The van der Waals surface area contributed by atoms with E-state index in [4.69, 9.17) is 0 Å². The first-order valence-electron chi connectivity index (χ1n) is 8.20. The normalized spacial score (nSPS) is 18.9. The first-order valence-corrected chi connectivity index (χ1v) is 9.68. The Morgan fingerprint density at radius 1 is 1.38 bits per heavy atom. The van der Waals surface area contributed by atoms with E-state index in [1.165, 1.54) is 0 Å². The Balaban J connectivity index is 1.90. The lowest BCUT2D eigenvalue weighted by atomic mass is 10.2. The van der Waals surface area contributed by atoms with E-state index >= 15 is 0 Å². The number of aliphatic imine (C=N–C) groups is 1. The fourth-order valence-corrected chi connectivity index (χ4v) is 3.52. The third kappa shape index (κ3) is 5.19. The Labute approximate surface area is 143 Å². The zero-order valence-corrected chi connectivity index (χ0v) is 15.0. The lowest BCUT2D eigenvalue weighted by Gasteiger charge is -2.20. The molecule has 1 aromatic rings. The van der Waals surface area contributed by atoms with Gasteiger partial charge in [-0.1, -0.05) is 17.7 Å². The molecule has 134 valence electrons. The second kappa shape index (κ2) is 8.46. The van der Waals surface area contributed by atoms with Crippen LogP contribution in [0.25, 0.3) is 0 Å². The van der Waals surface area contributed by atoms with Crippen LogP contribution < -0.4 is 10.0 Å². The van der Waals surface area contributed by atoms with Crippen LogP contribution >= 0.6 is 0 Å². The number of aryl methyl sites for hydroxylation is 1. The maximum absolute atomic E-state index is 12.2. The topological polar surface area (TPSA) is 94.0 Å². The standard InChI is InChI=1S/C16H26N4O3S/c1-3-17-16(20-11-8-14(21)12-20)18-9-10-19-24(22,23)15-6-4-13(2)5-7-15/h4-7,14,19,21H,3,8-12H2,1-2H3,(H,17,18)/t14-/m1/s1. The lowest BCUT2D eigenvalue weighted by Crippen LogP contribution is -2.41. The first kappa shape index (κ1) is 18.7. The smallest absolute Gasteiger partial charge is 0.240 e. The minimum Gasteiger partial charge on any atom is -0.391 e. The average molecular weight is 354 g/mol. The molecule has 1 heterocycles. The van der Waals surface area contributed by atoms with Gasteiger partial charge in [-0.3, -0.25) is 4.99 Å². The van der Waals surface area contributed by atoms with Gasteiger partial charge in [0.1, 0.15) is 0 Å². The van der Waals surface area contributed by atoms with Crippen LogP contribution in [0.3, 0.4) is 0 Å². The number of hydrogen-bond donors (Lipinski definition) is 3. The van der Waals surface area contributed by atoms with Gasteiger partial charge in [-0.25, -0.2) is 13.1 Å². The van der Waals surface area contributed by atoms with Crippen LogP contribution in [0.2, 0.25) is 0 Å². The van der Waals surface area contributed by atoms with E-state index < -0.39 is 10.0 Å². The Kier molecular flexibility index (Phi) is 6.59. The molecule has 7 nitrogen and oxygen atoms in total. The summed E-state index contributed by atoms with van der Waals surface area (Å²) in [6.07, 6.45) is 0.402. The van der Waals surface area contributed by atoms with Gasteiger partial charge in [0.15, 0.2) is 5.96 Å². The number of likely N-dealkylation sites (tertiary alicyclic amines) is 1. The fraction of sp³-hybridized carbons (Fsp3) is 0.562. The highest BCUT2D eigenvalue weighted by atomic mass is 32.2. The van der Waals surface area contributed by atoms with Crippen LogP contribution in [0.15, 0.2) is 34.2 Å². The van der Waals surface area contributed by atoms with Crippen molar-refractivity contribution in [2.24, 2.45) is 4.99 Å². The van der Waals surface area contributed by atoms with Gasteiger partial charge < -0.3 is 15.3 Å². The summed E-state index contributed by atoms with van der Waals surface area (Å²) in [5.41, 5.74) is 1.02. The minimum absolute atomic E-state index is 0.224. The molecule has 0 saturated carbocycles. The number of nitrogens with zero attached hydrogens (tertiary/aromatic N) is 2. The molecular formula is C16H26N4O3S. The quantitative estimate of drug-likeness (QED) is 0.388. The van der Waals surface area contributed by atoms with Gasteiger partial charge in [0.05, 0.1) is 17.5 Å². The molecule has 1 aliphatic heterocycles. The second-order valence-electron chi connectivity index (χ2n) is 5.83. The number of rotatable bonds is 6. The molecule has 0 amide bonds. The second-order valence-corrected chi connectivity index (χ2v) is 7.60. The lowest BCUT2D eigenvalue weighted by molar-refractivity contribution is 0.188. The van der Waals surface area contributed by atoms with Crippen molar-refractivity contribution in [3.8, 4) is 0 Å². The summed E-state index contributed by atoms with van der Waals surface area (Å²) in [4.78, 5) is 6.68. The van der Waals surface area contributed by atoms with E-state index in [1.54, 1.807) is 24.3 Å². The summed E-state index contributed by atoms with van der Waals surface area (Å²) in [6, 6.07) is 6.73. The van der Waals surface area contributed by atoms with Crippen molar-refractivity contribution in [1.82, 2.24) is 14.9 Å². The summed E-state index contributed by atoms with van der Waals surface area (Å²) in [7, 11) is -3.51. The van der Waals surface area contributed by atoms with Crippen LogP contribution in [-0.2, 0) is 10.0 Å². The van der Waals surface area contributed by atoms with Crippen LogP contribution in [0.4, 0.5) is 0 Å². The SMILES string of the molecule is CCNC(=NCCNS(=O)(=O)c1ccc(C)cc1)N1CC[C@@H](O)C1. The molecule has 0 radical (unpaired) electrons. The van der Waals surface area contributed by atoms with Crippen molar-refractivity contribution in [2.45, 2.75) is 31.3 Å². The molecule has 1 atom stereocenters. The van der Waals surface area contributed by atoms with Crippen molar-refractivity contribution in [2.75, 3.05) is 32.7 Å². The summed E-state index contributed by atoms with van der Waals surface area (Å²) in [6.45, 7) is 6.48. The Morgan fingerprint density at radius 2 is 2.08 bits per heavy atom. The highest BCUT2D eigenvalue weighted by Gasteiger charge is 2.22. The molecule has 2 rings (SSSR count). The molecule has 1 fully saturated rings. The predicted octanol–water partition coefficient (Wildman–Crippen LogP) is 0.305. The first-order chi connectivity index (χ1) is 11.4. The number of nitrogens with one attached hydrogen (secondary N) is 2. The highest BCUT2D eigenvalue weighted by Crippen LogP contribution is 2.10. The van der Waals surface area contributed by atoms with Gasteiger partial charge in [-0.05, 0) is 32.4 Å². The molecule has 1 aliphatic rings.